The summed E-state index contributed by atoms with van der Waals surface area (Å²) < 4.78 is 0. The monoisotopic (exact) mass is 322 g/mol. The number of hydrogen-bond acceptors (Lipinski definition) is 3. The van der Waals surface area contributed by atoms with Crippen molar-refractivity contribution in [2.24, 2.45) is 0 Å². The van der Waals surface area contributed by atoms with Crippen LogP contribution in [0.3, 0.4) is 0 Å². The van der Waals surface area contributed by atoms with Crippen LogP contribution >= 0.6 is 0 Å². The number of aliphatic hydroxyl groups is 1. The average Bonchev–Trinajstić information content (AvgIpc) is 3.00. The lowest BCUT2D eigenvalue weighted by Crippen LogP contribution is -2.42. The van der Waals surface area contributed by atoms with Gasteiger partial charge in [-0.1, -0.05) is 30.3 Å². The third-order valence-corrected chi connectivity index (χ3v) is 5.14. The normalized spacial score (nSPS) is 18.0. The van der Waals surface area contributed by atoms with Gasteiger partial charge < -0.3 is 15.2 Å². The lowest BCUT2D eigenvalue weighted by molar-refractivity contribution is -0.0276. The largest absolute Gasteiger partial charge is 0.508 e. The maximum absolute atomic E-state index is 10.9. The third kappa shape index (κ3) is 2.79. The van der Waals surface area contributed by atoms with E-state index in [0.29, 0.717) is 5.75 Å². The number of rotatable bonds is 3. The second kappa shape index (κ2) is 5.96. The van der Waals surface area contributed by atoms with Crippen LogP contribution < -0.4 is 0 Å². The SMILES string of the molecule is Oc1ccc2[nH]cc(CN3CCC(O)(c4ccccc4)CC3)c2c1. The van der Waals surface area contributed by atoms with Crippen molar-refractivity contribution < 1.29 is 10.2 Å². The van der Waals surface area contributed by atoms with Gasteiger partial charge in [0.1, 0.15) is 5.75 Å². The molecule has 3 N–H and O–H groups in total. The predicted octanol–water partition coefficient (Wildman–Crippen LogP) is 3.36. The first kappa shape index (κ1) is 15.2. The van der Waals surface area contributed by atoms with Crippen LogP contribution in [-0.2, 0) is 12.1 Å². The highest BCUT2D eigenvalue weighted by Crippen LogP contribution is 2.33. The van der Waals surface area contributed by atoms with Crippen LogP contribution in [0.2, 0.25) is 0 Å². The Morgan fingerprint density at radius 3 is 2.54 bits per heavy atom. The second-order valence-electron chi connectivity index (χ2n) is 6.72. The quantitative estimate of drug-likeness (QED) is 0.693. The van der Waals surface area contributed by atoms with Crippen molar-refractivity contribution in [1.29, 1.82) is 0 Å². The van der Waals surface area contributed by atoms with E-state index < -0.39 is 5.60 Å². The Morgan fingerprint density at radius 1 is 1.04 bits per heavy atom. The van der Waals surface area contributed by atoms with E-state index in [1.54, 1.807) is 6.07 Å². The summed E-state index contributed by atoms with van der Waals surface area (Å²) in [4.78, 5) is 5.63. The van der Waals surface area contributed by atoms with Gasteiger partial charge in [0.05, 0.1) is 5.60 Å². The first-order valence-electron chi connectivity index (χ1n) is 8.43. The van der Waals surface area contributed by atoms with Crippen molar-refractivity contribution in [3.63, 3.8) is 0 Å². The number of phenols is 1. The number of aromatic amines is 1. The molecule has 4 rings (SSSR count). The molecule has 0 aliphatic carbocycles. The summed E-state index contributed by atoms with van der Waals surface area (Å²) in [6.45, 7) is 2.54. The summed E-state index contributed by atoms with van der Waals surface area (Å²) in [6, 6.07) is 15.4. The third-order valence-electron chi connectivity index (χ3n) is 5.14. The van der Waals surface area contributed by atoms with E-state index in [-0.39, 0.29) is 0 Å². The van der Waals surface area contributed by atoms with Gasteiger partial charge in [0.25, 0.3) is 0 Å². The molecule has 0 radical (unpaired) electrons. The van der Waals surface area contributed by atoms with E-state index in [4.69, 9.17) is 0 Å². The van der Waals surface area contributed by atoms with Crippen LogP contribution in [0.25, 0.3) is 10.9 Å². The Hall–Kier alpha value is -2.30. The van der Waals surface area contributed by atoms with E-state index in [9.17, 15) is 10.2 Å². The molecule has 0 spiro atoms. The van der Waals surface area contributed by atoms with Crippen molar-refractivity contribution in [1.82, 2.24) is 9.88 Å². The molecule has 1 aliphatic heterocycles. The number of H-pyrrole nitrogens is 1. The van der Waals surface area contributed by atoms with E-state index in [0.717, 1.165) is 48.9 Å². The molecule has 4 heteroatoms. The number of benzene rings is 2. The minimum atomic E-state index is -0.712. The Morgan fingerprint density at radius 2 is 1.79 bits per heavy atom. The Bertz CT molecular complexity index is 833. The highest BCUT2D eigenvalue weighted by molar-refractivity contribution is 5.84. The van der Waals surface area contributed by atoms with Crippen LogP contribution in [0, 0.1) is 0 Å². The van der Waals surface area contributed by atoms with Gasteiger partial charge in [-0.25, -0.2) is 0 Å². The van der Waals surface area contributed by atoms with E-state index in [1.165, 1.54) is 5.56 Å². The topological polar surface area (TPSA) is 59.5 Å². The summed E-state index contributed by atoms with van der Waals surface area (Å²) in [5.41, 5.74) is 2.53. The summed E-state index contributed by atoms with van der Waals surface area (Å²) in [5.74, 6) is 0.292. The molecule has 0 amide bonds. The van der Waals surface area contributed by atoms with Crippen molar-refractivity contribution >= 4 is 10.9 Å². The van der Waals surface area contributed by atoms with Crippen molar-refractivity contribution in [3.8, 4) is 5.75 Å². The number of aromatic hydroxyl groups is 1. The zero-order valence-electron chi connectivity index (χ0n) is 13.6. The number of nitrogens with zero attached hydrogens (tertiary/aromatic N) is 1. The van der Waals surface area contributed by atoms with Crippen LogP contribution in [0.5, 0.6) is 5.75 Å². The van der Waals surface area contributed by atoms with Crippen LogP contribution in [0.1, 0.15) is 24.0 Å². The fourth-order valence-electron chi connectivity index (χ4n) is 3.66. The molecule has 2 aromatic carbocycles. The molecule has 3 aromatic rings. The second-order valence-corrected chi connectivity index (χ2v) is 6.72. The Balaban J connectivity index is 1.47. The summed E-state index contributed by atoms with van der Waals surface area (Å²) in [7, 11) is 0. The summed E-state index contributed by atoms with van der Waals surface area (Å²) in [5, 5.41) is 21.7. The van der Waals surface area contributed by atoms with Crippen LogP contribution in [0.4, 0.5) is 0 Å². The molecular formula is C20H22N2O2. The van der Waals surface area contributed by atoms with Crippen LogP contribution in [-0.4, -0.2) is 33.2 Å². The van der Waals surface area contributed by atoms with Gasteiger partial charge in [0.15, 0.2) is 0 Å². The summed E-state index contributed by atoms with van der Waals surface area (Å²) >= 11 is 0. The molecule has 1 saturated heterocycles. The Labute approximate surface area is 141 Å². The molecule has 4 nitrogen and oxygen atoms in total. The highest BCUT2D eigenvalue weighted by atomic mass is 16.3. The molecule has 2 heterocycles. The number of likely N-dealkylation sites (tertiary alicyclic amines) is 1. The number of hydrogen-bond donors (Lipinski definition) is 3. The molecular weight excluding hydrogens is 300 g/mol. The van der Waals surface area contributed by atoms with E-state index >= 15 is 0 Å². The smallest absolute Gasteiger partial charge is 0.116 e. The maximum Gasteiger partial charge on any atom is 0.116 e. The fraction of sp³-hybridized carbons (Fsp3) is 0.300. The van der Waals surface area contributed by atoms with E-state index in [2.05, 4.69) is 9.88 Å². The van der Waals surface area contributed by atoms with Gasteiger partial charge in [-0.2, -0.15) is 0 Å². The number of fused-ring (bicyclic) bond motifs is 1. The van der Waals surface area contributed by atoms with E-state index in [1.807, 2.05) is 48.7 Å². The first-order chi connectivity index (χ1) is 11.6. The lowest BCUT2D eigenvalue weighted by Gasteiger charge is -2.38. The molecule has 0 bridgehead atoms. The predicted molar refractivity (Wildman–Crippen MR) is 94.8 cm³/mol. The Kier molecular flexibility index (Phi) is 3.79. The maximum atomic E-state index is 10.9. The molecule has 124 valence electrons. The minimum absolute atomic E-state index is 0.292. The average molecular weight is 322 g/mol. The van der Waals surface area contributed by atoms with Crippen molar-refractivity contribution in [2.75, 3.05) is 13.1 Å². The van der Waals surface area contributed by atoms with Crippen molar-refractivity contribution in [3.05, 3.63) is 65.9 Å². The zero-order valence-corrected chi connectivity index (χ0v) is 13.6. The van der Waals surface area contributed by atoms with Gasteiger partial charge >= 0.3 is 0 Å². The number of phenolic OH excluding ortho intramolecular Hbond substituents is 1. The molecule has 1 aliphatic rings. The molecule has 1 aromatic heterocycles. The molecule has 0 atom stereocenters. The number of piperidine rings is 1. The molecule has 0 unspecified atom stereocenters. The number of nitrogens with one attached hydrogen (secondary N) is 1. The highest BCUT2D eigenvalue weighted by Gasteiger charge is 2.33. The van der Waals surface area contributed by atoms with Gasteiger partial charge in [0.2, 0.25) is 0 Å². The molecule has 24 heavy (non-hydrogen) atoms. The van der Waals surface area contributed by atoms with Crippen molar-refractivity contribution in [2.45, 2.75) is 25.0 Å². The van der Waals surface area contributed by atoms with Gasteiger partial charge in [0, 0.05) is 36.7 Å². The standard InChI is InChI=1S/C20H22N2O2/c23-17-6-7-19-18(12-17)15(13-21-19)14-22-10-8-20(24,9-11-22)16-4-2-1-3-5-16/h1-7,12-13,21,23-24H,8-11,14H2. The molecule has 1 fully saturated rings. The van der Waals surface area contributed by atoms with Gasteiger partial charge in [-0.05, 0) is 42.2 Å². The fourth-order valence-corrected chi connectivity index (χ4v) is 3.66. The molecule has 0 saturated carbocycles. The minimum Gasteiger partial charge on any atom is -0.508 e. The van der Waals surface area contributed by atoms with Gasteiger partial charge in [-0.15, -0.1) is 0 Å². The van der Waals surface area contributed by atoms with Crippen LogP contribution in [0.15, 0.2) is 54.7 Å². The van der Waals surface area contributed by atoms with Gasteiger partial charge in [-0.3, -0.25) is 4.90 Å². The zero-order chi connectivity index (χ0) is 16.6. The number of aromatic nitrogens is 1. The first-order valence-corrected chi connectivity index (χ1v) is 8.43. The lowest BCUT2D eigenvalue weighted by atomic mass is 9.84. The summed E-state index contributed by atoms with van der Waals surface area (Å²) in [6.07, 6.45) is 3.50.